The zero-order valence-corrected chi connectivity index (χ0v) is 11.7. The number of halogens is 1. The largest absolute Gasteiger partial charge is 0.398 e. The van der Waals surface area contributed by atoms with Gasteiger partial charge in [-0.25, -0.2) is 0 Å². The number of anilines is 1. The highest BCUT2D eigenvalue weighted by Crippen LogP contribution is 2.18. The van der Waals surface area contributed by atoms with Gasteiger partial charge in [0.1, 0.15) is 0 Å². The third-order valence-corrected chi connectivity index (χ3v) is 3.47. The molecule has 1 amide bonds. The molecular weight excluding hydrogens is 264 g/mol. The van der Waals surface area contributed by atoms with E-state index >= 15 is 0 Å². The number of nitrogens with two attached hydrogens (primary N) is 1. The van der Waals surface area contributed by atoms with Crippen molar-refractivity contribution in [2.75, 3.05) is 5.73 Å². The maximum absolute atomic E-state index is 11.9. The predicted molar refractivity (Wildman–Crippen MR) is 78.2 cm³/mol. The quantitative estimate of drug-likeness (QED) is 0.739. The Morgan fingerprint density at radius 2 is 1.89 bits per heavy atom. The lowest BCUT2D eigenvalue weighted by molar-refractivity contribution is -0.121. The number of aliphatic hydroxyl groups is 1. The number of nitrogen functional groups attached to an aromatic ring is 1. The zero-order valence-electron chi connectivity index (χ0n) is 10.8. The van der Waals surface area contributed by atoms with E-state index in [-0.39, 0.29) is 30.5 Å². The van der Waals surface area contributed by atoms with Gasteiger partial charge in [0.25, 0.3) is 0 Å². The van der Waals surface area contributed by atoms with Gasteiger partial charge in [-0.15, -0.1) is 12.4 Å². The van der Waals surface area contributed by atoms with E-state index in [9.17, 15) is 9.90 Å². The summed E-state index contributed by atoms with van der Waals surface area (Å²) in [7, 11) is 0. The molecule has 106 valence electrons. The minimum Gasteiger partial charge on any atom is -0.398 e. The first-order chi connectivity index (χ1) is 8.65. The molecule has 0 aromatic heterocycles. The summed E-state index contributed by atoms with van der Waals surface area (Å²) in [5.41, 5.74) is 7.33. The number of rotatable bonds is 3. The molecule has 0 radical (unpaired) electrons. The Bertz CT molecular complexity index is 418. The average Bonchev–Trinajstić information content (AvgIpc) is 2.35. The molecule has 1 saturated carbocycles. The Hall–Kier alpha value is -1.26. The molecule has 1 aromatic rings. The Morgan fingerprint density at radius 1 is 1.26 bits per heavy atom. The molecule has 4 N–H and O–H groups in total. The van der Waals surface area contributed by atoms with Gasteiger partial charge < -0.3 is 16.2 Å². The SMILES string of the molecule is Cl.Nc1ccccc1CC(=O)NC1CCC(O)CC1. The molecule has 0 spiro atoms. The van der Waals surface area contributed by atoms with Crippen molar-refractivity contribution in [1.29, 1.82) is 0 Å². The fourth-order valence-corrected chi connectivity index (χ4v) is 2.37. The van der Waals surface area contributed by atoms with Crippen molar-refractivity contribution >= 4 is 24.0 Å². The van der Waals surface area contributed by atoms with Crippen LogP contribution in [0, 0.1) is 0 Å². The van der Waals surface area contributed by atoms with Crippen LogP contribution >= 0.6 is 12.4 Å². The molecule has 0 saturated heterocycles. The third-order valence-electron chi connectivity index (χ3n) is 3.47. The smallest absolute Gasteiger partial charge is 0.224 e. The molecule has 0 aliphatic heterocycles. The van der Waals surface area contributed by atoms with E-state index in [1.54, 1.807) is 6.07 Å². The molecule has 0 atom stereocenters. The van der Waals surface area contributed by atoms with Crippen molar-refractivity contribution in [2.45, 2.75) is 44.2 Å². The van der Waals surface area contributed by atoms with Crippen LogP contribution in [0.1, 0.15) is 31.2 Å². The second-order valence-electron chi connectivity index (χ2n) is 4.95. The van der Waals surface area contributed by atoms with E-state index < -0.39 is 0 Å². The van der Waals surface area contributed by atoms with E-state index in [0.717, 1.165) is 31.2 Å². The van der Waals surface area contributed by atoms with Gasteiger partial charge in [-0.2, -0.15) is 0 Å². The number of para-hydroxylation sites is 1. The van der Waals surface area contributed by atoms with Crippen LogP contribution in [0.15, 0.2) is 24.3 Å². The minimum atomic E-state index is -0.192. The fraction of sp³-hybridized carbons (Fsp3) is 0.500. The minimum absolute atomic E-state index is 0. The van der Waals surface area contributed by atoms with Crippen molar-refractivity contribution in [3.8, 4) is 0 Å². The lowest BCUT2D eigenvalue weighted by atomic mass is 9.93. The summed E-state index contributed by atoms with van der Waals surface area (Å²) in [6, 6.07) is 7.62. The Morgan fingerprint density at radius 3 is 2.53 bits per heavy atom. The summed E-state index contributed by atoms with van der Waals surface area (Å²) in [5, 5.41) is 12.4. The van der Waals surface area contributed by atoms with Gasteiger partial charge in [0, 0.05) is 11.7 Å². The van der Waals surface area contributed by atoms with Crippen LogP contribution in [0.3, 0.4) is 0 Å². The first kappa shape index (κ1) is 15.8. The number of benzene rings is 1. The number of carbonyl (C=O) groups excluding carboxylic acids is 1. The third kappa shape index (κ3) is 4.73. The summed E-state index contributed by atoms with van der Waals surface area (Å²) in [4.78, 5) is 11.9. The zero-order chi connectivity index (χ0) is 13.0. The highest BCUT2D eigenvalue weighted by atomic mass is 35.5. The molecule has 4 nitrogen and oxygen atoms in total. The number of nitrogens with one attached hydrogen (secondary N) is 1. The van der Waals surface area contributed by atoms with Gasteiger partial charge in [0.05, 0.1) is 12.5 Å². The summed E-state index contributed by atoms with van der Waals surface area (Å²) >= 11 is 0. The molecule has 19 heavy (non-hydrogen) atoms. The molecule has 2 rings (SSSR count). The average molecular weight is 285 g/mol. The van der Waals surface area contributed by atoms with Gasteiger partial charge in [0.2, 0.25) is 5.91 Å². The number of carbonyl (C=O) groups is 1. The van der Waals surface area contributed by atoms with Crippen LogP contribution in [0.25, 0.3) is 0 Å². The highest BCUT2D eigenvalue weighted by Gasteiger charge is 2.20. The Kier molecular flexibility index (Phi) is 6.12. The number of amides is 1. The van der Waals surface area contributed by atoms with Crippen LogP contribution in [0.5, 0.6) is 0 Å². The first-order valence-corrected chi connectivity index (χ1v) is 6.46. The maximum Gasteiger partial charge on any atom is 0.224 e. The molecule has 0 bridgehead atoms. The standard InChI is InChI=1S/C14H20N2O2.ClH/c15-13-4-2-1-3-10(13)9-14(18)16-11-5-7-12(17)8-6-11;/h1-4,11-12,17H,5-9,15H2,(H,16,18);1H. The normalized spacial score (nSPS) is 22.4. The van der Waals surface area contributed by atoms with Gasteiger partial charge in [-0.1, -0.05) is 18.2 Å². The lowest BCUT2D eigenvalue weighted by Crippen LogP contribution is -2.39. The predicted octanol–water partition coefficient (Wildman–Crippen LogP) is 1.65. The monoisotopic (exact) mass is 284 g/mol. The lowest BCUT2D eigenvalue weighted by Gasteiger charge is -2.26. The molecular formula is C14H21ClN2O2. The van der Waals surface area contributed by atoms with Crippen LogP contribution in [0.4, 0.5) is 5.69 Å². The Labute approximate surface area is 119 Å². The first-order valence-electron chi connectivity index (χ1n) is 6.46. The van der Waals surface area contributed by atoms with Crippen LogP contribution in [0.2, 0.25) is 0 Å². The highest BCUT2D eigenvalue weighted by molar-refractivity contribution is 5.85. The summed E-state index contributed by atoms with van der Waals surface area (Å²) in [6.07, 6.45) is 3.40. The van der Waals surface area contributed by atoms with Crippen LogP contribution in [-0.4, -0.2) is 23.2 Å². The van der Waals surface area contributed by atoms with E-state index in [4.69, 9.17) is 5.73 Å². The van der Waals surface area contributed by atoms with Crippen molar-refractivity contribution < 1.29 is 9.90 Å². The molecule has 1 aromatic carbocycles. The van der Waals surface area contributed by atoms with E-state index in [1.807, 2.05) is 18.2 Å². The second-order valence-corrected chi connectivity index (χ2v) is 4.95. The van der Waals surface area contributed by atoms with Crippen molar-refractivity contribution in [3.63, 3.8) is 0 Å². The van der Waals surface area contributed by atoms with Gasteiger partial charge in [-0.05, 0) is 37.3 Å². The number of aliphatic hydroxyl groups excluding tert-OH is 1. The van der Waals surface area contributed by atoms with E-state index in [2.05, 4.69) is 5.32 Å². The molecule has 1 aliphatic carbocycles. The molecule has 1 aliphatic rings. The van der Waals surface area contributed by atoms with Crippen LogP contribution < -0.4 is 11.1 Å². The van der Waals surface area contributed by atoms with Gasteiger partial charge in [-0.3, -0.25) is 4.79 Å². The molecule has 1 fully saturated rings. The van der Waals surface area contributed by atoms with E-state index in [1.165, 1.54) is 0 Å². The van der Waals surface area contributed by atoms with Crippen LogP contribution in [-0.2, 0) is 11.2 Å². The second kappa shape index (κ2) is 7.36. The Balaban J connectivity index is 0.00000180. The van der Waals surface area contributed by atoms with Crippen molar-refractivity contribution in [2.24, 2.45) is 0 Å². The molecule has 5 heteroatoms. The van der Waals surface area contributed by atoms with Crippen molar-refractivity contribution in [3.05, 3.63) is 29.8 Å². The van der Waals surface area contributed by atoms with Crippen molar-refractivity contribution in [1.82, 2.24) is 5.32 Å². The molecule has 0 heterocycles. The molecule has 0 unspecified atom stereocenters. The van der Waals surface area contributed by atoms with Gasteiger partial charge >= 0.3 is 0 Å². The topological polar surface area (TPSA) is 75.4 Å². The summed E-state index contributed by atoms with van der Waals surface area (Å²) in [5.74, 6) is 0.00860. The fourth-order valence-electron chi connectivity index (χ4n) is 2.37. The summed E-state index contributed by atoms with van der Waals surface area (Å²) in [6.45, 7) is 0. The number of hydrogen-bond donors (Lipinski definition) is 3. The van der Waals surface area contributed by atoms with Gasteiger partial charge in [0.15, 0.2) is 0 Å². The number of hydrogen-bond acceptors (Lipinski definition) is 3. The summed E-state index contributed by atoms with van der Waals surface area (Å²) < 4.78 is 0. The van der Waals surface area contributed by atoms with E-state index in [0.29, 0.717) is 12.1 Å². The maximum atomic E-state index is 11.9.